The second-order valence-electron chi connectivity index (χ2n) is 10.3. The maximum Gasteiger partial charge on any atom is 0.245 e. The number of anilines is 2. The standard InChI is InChI=1S/C29H35N7O2/c1-3-25(37)36-16-21-14-35(15-22(21)17-36)13-12-32-29-26(28(31)33-18-34-29)27(30)20-8-10-23(11-9-20)38-24-7-5-4-6-19(24)2/h3-5,7-11,18-19,21-22,30H,1,6,12-17H2,2H3,(H3,31,32,33,34). The van der Waals surface area contributed by atoms with Crippen LogP contribution in [0.1, 0.15) is 24.5 Å². The smallest absolute Gasteiger partial charge is 0.245 e. The molecule has 2 aliphatic heterocycles. The first-order valence-electron chi connectivity index (χ1n) is 13.1. The fourth-order valence-corrected chi connectivity index (χ4v) is 5.52. The molecule has 1 aromatic carbocycles. The highest BCUT2D eigenvalue weighted by atomic mass is 16.5. The van der Waals surface area contributed by atoms with Crippen LogP contribution in [0.5, 0.6) is 5.75 Å². The van der Waals surface area contributed by atoms with Crippen LogP contribution in [0.3, 0.4) is 0 Å². The minimum atomic E-state index is 0.0275. The summed E-state index contributed by atoms with van der Waals surface area (Å²) in [5.41, 5.74) is 7.67. The van der Waals surface area contributed by atoms with Crippen molar-refractivity contribution in [3.05, 3.63) is 78.4 Å². The van der Waals surface area contributed by atoms with Crippen molar-refractivity contribution >= 4 is 23.3 Å². The zero-order valence-electron chi connectivity index (χ0n) is 21.8. The Morgan fingerprint density at radius 3 is 2.63 bits per heavy atom. The molecule has 3 aliphatic rings. The van der Waals surface area contributed by atoms with Gasteiger partial charge in [-0.05, 0) is 54.7 Å². The van der Waals surface area contributed by atoms with E-state index in [9.17, 15) is 4.79 Å². The highest BCUT2D eigenvalue weighted by molar-refractivity contribution is 6.16. The number of benzene rings is 1. The van der Waals surface area contributed by atoms with Crippen LogP contribution < -0.4 is 15.8 Å². The Morgan fingerprint density at radius 2 is 1.95 bits per heavy atom. The quantitative estimate of drug-likeness (QED) is 0.347. The summed E-state index contributed by atoms with van der Waals surface area (Å²) in [6, 6.07) is 7.47. The van der Waals surface area contributed by atoms with Crippen molar-refractivity contribution in [2.75, 3.05) is 50.3 Å². The van der Waals surface area contributed by atoms with Gasteiger partial charge in [0.15, 0.2) is 0 Å². The summed E-state index contributed by atoms with van der Waals surface area (Å²) in [5, 5.41) is 12.2. The number of likely N-dealkylation sites (tertiary alicyclic amines) is 2. The Morgan fingerprint density at radius 1 is 1.21 bits per heavy atom. The van der Waals surface area contributed by atoms with E-state index in [1.807, 2.05) is 41.3 Å². The van der Waals surface area contributed by atoms with Crippen LogP contribution in [0.4, 0.5) is 11.6 Å². The van der Waals surface area contributed by atoms with Gasteiger partial charge in [0, 0.05) is 50.7 Å². The van der Waals surface area contributed by atoms with Crippen molar-refractivity contribution in [3.63, 3.8) is 0 Å². The average Bonchev–Trinajstić information content (AvgIpc) is 3.49. The SMILES string of the molecule is C=CC(=O)N1CC2CN(CCNc3ncnc(N)c3C(=N)c3ccc(OC4=CC=CCC4C)cc3)CC2C1. The summed E-state index contributed by atoms with van der Waals surface area (Å²) in [6.07, 6.45) is 9.94. The molecule has 5 rings (SSSR count). The number of carbonyl (C=O) groups is 1. The van der Waals surface area contributed by atoms with E-state index in [0.717, 1.165) is 50.7 Å². The Bertz CT molecular complexity index is 1260. The molecule has 2 saturated heterocycles. The third kappa shape index (κ3) is 5.47. The molecular weight excluding hydrogens is 478 g/mol. The largest absolute Gasteiger partial charge is 0.461 e. The lowest BCUT2D eigenvalue weighted by Crippen LogP contribution is -2.34. The number of hydrogen-bond donors (Lipinski definition) is 3. The number of nitrogens with two attached hydrogens (primary N) is 1. The summed E-state index contributed by atoms with van der Waals surface area (Å²) in [6.45, 7) is 10.8. The van der Waals surface area contributed by atoms with Gasteiger partial charge in [-0.1, -0.05) is 25.7 Å². The molecule has 3 heterocycles. The van der Waals surface area contributed by atoms with Crippen LogP contribution in [0.15, 0.2) is 67.2 Å². The van der Waals surface area contributed by atoms with Crippen LogP contribution in [-0.2, 0) is 4.79 Å². The van der Waals surface area contributed by atoms with Gasteiger partial charge in [0.05, 0.1) is 11.3 Å². The van der Waals surface area contributed by atoms with E-state index < -0.39 is 0 Å². The number of carbonyl (C=O) groups excluding carboxylic acids is 1. The van der Waals surface area contributed by atoms with Crippen molar-refractivity contribution in [2.45, 2.75) is 13.3 Å². The first-order chi connectivity index (χ1) is 18.4. The lowest BCUT2D eigenvalue weighted by molar-refractivity contribution is -0.125. The molecule has 0 spiro atoms. The molecule has 198 valence electrons. The molecule has 3 unspecified atom stereocenters. The van der Waals surface area contributed by atoms with Gasteiger partial charge in [-0.15, -0.1) is 0 Å². The van der Waals surface area contributed by atoms with E-state index in [-0.39, 0.29) is 17.4 Å². The summed E-state index contributed by atoms with van der Waals surface area (Å²) in [4.78, 5) is 24.8. The minimum absolute atomic E-state index is 0.0275. The maximum absolute atomic E-state index is 11.9. The maximum atomic E-state index is 11.9. The number of aromatic nitrogens is 2. The molecule has 38 heavy (non-hydrogen) atoms. The molecule has 1 amide bonds. The van der Waals surface area contributed by atoms with E-state index in [1.54, 1.807) is 0 Å². The molecule has 2 fully saturated rings. The monoisotopic (exact) mass is 513 g/mol. The highest BCUT2D eigenvalue weighted by Gasteiger charge is 2.40. The predicted octanol–water partition coefficient (Wildman–Crippen LogP) is 3.32. The normalized spacial score (nSPS) is 22.6. The van der Waals surface area contributed by atoms with Crippen LogP contribution in [0, 0.1) is 23.2 Å². The molecule has 9 nitrogen and oxygen atoms in total. The molecule has 1 aliphatic carbocycles. The Kier molecular flexibility index (Phi) is 7.55. The minimum Gasteiger partial charge on any atom is -0.461 e. The van der Waals surface area contributed by atoms with E-state index in [0.29, 0.717) is 41.2 Å². The van der Waals surface area contributed by atoms with Crippen LogP contribution in [-0.4, -0.2) is 70.7 Å². The third-order valence-corrected chi connectivity index (χ3v) is 7.65. The average molecular weight is 514 g/mol. The second-order valence-corrected chi connectivity index (χ2v) is 10.3. The second kappa shape index (κ2) is 11.2. The van der Waals surface area contributed by atoms with E-state index >= 15 is 0 Å². The lowest BCUT2D eigenvalue weighted by Gasteiger charge is -2.21. The molecule has 0 radical (unpaired) electrons. The molecule has 2 aromatic rings. The molecule has 0 saturated carbocycles. The molecule has 1 aromatic heterocycles. The number of nitrogens with one attached hydrogen (secondary N) is 2. The highest BCUT2D eigenvalue weighted by Crippen LogP contribution is 2.31. The van der Waals surface area contributed by atoms with Gasteiger partial charge in [0.25, 0.3) is 0 Å². The lowest BCUT2D eigenvalue weighted by atomic mass is 10.0. The van der Waals surface area contributed by atoms with Crippen molar-refractivity contribution in [2.24, 2.45) is 17.8 Å². The number of fused-ring (bicyclic) bond motifs is 1. The van der Waals surface area contributed by atoms with Gasteiger partial charge in [0.2, 0.25) is 5.91 Å². The van der Waals surface area contributed by atoms with Gasteiger partial charge in [-0.2, -0.15) is 0 Å². The zero-order chi connectivity index (χ0) is 26.6. The van der Waals surface area contributed by atoms with Gasteiger partial charge in [-0.3, -0.25) is 10.2 Å². The number of allylic oxidation sites excluding steroid dienone is 4. The predicted molar refractivity (Wildman–Crippen MR) is 149 cm³/mol. The van der Waals surface area contributed by atoms with Gasteiger partial charge in [-0.25, -0.2) is 9.97 Å². The molecule has 9 heteroatoms. The Balaban J connectivity index is 1.19. The molecular formula is C29H35N7O2. The first kappa shape index (κ1) is 25.7. The number of amides is 1. The summed E-state index contributed by atoms with van der Waals surface area (Å²) in [5.74, 6) is 3.88. The van der Waals surface area contributed by atoms with Gasteiger partial charge in [0.1, 0.15) is 29.5 Å². The molecule has 0 bridgehead atoms. The van der Waals surface area contributed by atoms with Crippen LogP contribution in [0.25, 0.3) is 0 Å². The topological polar surface area (TPSA) is 120 Å². The molecule has 3 atom stereocenters. The number of ether oxygens (including phenoxy) is 1. The first-order valence-corrected chi connectivity index (χ1v) is 13.1. The van der Waals surface area contributed by atoms with Crippen molar-refractivity contribution in [1.29, 1.82) is 5.41 Å². The fraction of sp³-hybridized carbons (Fsp3) is 0.379. The van der Waals surface area contributed by atoms with Crippen molar-refractivity contribution in [3.8, 4) is 5.75 Å². The fourth-order valence-electron chi connectivity index (χ4n) is 5.52. The van der Waals surface area contributed by atoms with Crippen LogP contribution in [0.2, 0.25) is 0 Å². The zero-order valence-corrected chi connectivity index (χ0v) is 21.8. The number of hydrogen-bond acceptors (Lipinski definition) is 8. The van der Waals surface area contributed by atoms with E-state index in [2.05, 4.69) is 39.8 Å². The van der Waals surface area contributed by atoms with Gasteiger partial charge < -0.3 is 25.6 Å². The van der Waals surface area contributed by atoms with E-state index in [1.165, 1.54) is 12.4 Å². The van der Waals surface area contributed by atoms with Crippen molar-refractivity contribution in [1.82, 2.24) is 19.8 Å². The summed E-state index contributed by atoms with van der Waals surface area (Å²) >= 11 is 0. The van der Waals surface area contributed by atoms with Gasteiger partial charge >= 0.3 is 0 Å². The number of nitrogens with zero attached hydrogens (tertiary/aromatic N) is 4. The Labute approximate surface area is 223 Å². The molecule has 4 N–H and O–H groups in total. The van der Waals surface area contributed by atoms with E-state index in [4.69, 9.17) is 15.9 Å². The summed E-state index contributed by atoms with van der Waals surface area (Å²) in [7, 11) is 0. The number of nitrogen functional groups attached to an aromatic ring is 1. The summed E-state index contributed by atoms with van der Waals surface area (Å²) < 4.78 is 6.06. The third-order valence-electron chi connectivity index (χ3n) is 7.65. The Hall–Kier alpha value is -3.98. The van der Waals surface area contributed by atoms with Crippen molar-refractivity contribution < 1.29 is 9.53 Å². The number of rotatable bonds is 9. The van der Waals surface area contributed by atoms with Crippen LogP contribution >= 0.6 is 0 Å².